The summed E-state index contributed by atoms with van der Waals surface area (Å²) in [5.74, 6) is 0.847. The molecule has 1 unspecified atom stereocenters. The Bertz CT molecular complexity index is 1200. The lowest BCUT2D eigenvalue weighted by Gasteiger charge is -2.39. The number of carbonyl (C=O) groups excluding carboxylic acids is 1. The molecule has 4 rings (SSSR count). The molecule has 188 valence electrons. The SMILES string of the molecule is COC(=O)c1ccc2nc(Nc3ccc(OC(F)(F)F)cc3)n(CC3C[C@H](C)CC(C)(C)C3)c2c1. The molecular weight excluding hydrogens is 459 g/mol. The first kappa shape index (κ1) is 24.9. The summed E-state index contributed by atoms with van der Waals surface area (Å²) in [5, 5.41) is 3.24. The molecule has 0 spiro atoms. The number of anilines is 2. The number of nitrogens with zero attached hydrogens (tertiary/aromatic N) is 2. The molecule has 1 aromatic heterocycles. The molecule has 35 heavy (non-hydrogen) atoms. The van der Waals surface area contributed by atoms with Gasteiger partial charge in [0.1, 0.15) is 5.75 Å². The number of aromatic nitrogens is 2. The van der Waals surface area contributed by atoms with E-state index < -0.39 is 12.3 Å². The van der Waals surface area contributed by atoms with Crippen molar-refractivity contribution in [3.8, 4) is 5.75 Å². The second kappa shape index (κ2) is 9.43. The lowest BCUT2D eigenvalue weighted by atomic mass is 9.68. The third-order valence-electron chi connectivity index (χ3n) is 6.43. The van der Waals surface area contributed by atoms with Gasteiger partial charge in [-0.05, 0) is 79.0 Å². The van der Waals surface area contributed by atoms with Crippen LogP contribution in [0, 0.1) is 17.3 Å². The van der Waals surface area contributed by atoms with Crippen LogP contribution >= 0.6 is 0 Å². The summed E-state index contributed by atoms with van der Waals surface area (Å²) in [6.45, 7) is 7.56. The lowest BCUT2D eigenvalue weighted by molar-refractivity contribution is -0.274. The fourth-order valence-corrected chi connectivity index (χ4v) is 5.46. The number of halogens is 3. The average Bonchev–Trinajstić information content (AvgIpc) is 3.08. The monoisotopic (exact) mass is 489 g/mol. The topological polar surface area (TPSA) is 65.4 Å². The van der Waals surface area contributed by atoms with Crippen molar-refractivity contribution in [3.63, 3.8) is 0 Å². The van der Waals surface area contributed by atoms with Gasteiger partial charge < -0.3 is 19.4 Å². The molecule has 1 N–H and O–H groups in total. The standard InChI is InChI=1S/C26H30F3N3O3/c1-16-11-17(14-25(2,3)13-16)15-32-22-12-18(23(33)34-4)5-10-21(22)31-24(32)30-19-6-8-20(9-7-19)35-26(27,28)29/h5-10,12,16-17H,11,13-15H2,1-4H3,(H,30,31)/t16-,17?/m0/s1. The van der Waals surface area contributed by atoms with Gasteiger partial charge in [0.05, 0.1) is 23.7 Å². The van der Waals surface area contributed by atoms with Gasteiger partial charge in [0, 0.05) is 12.2 Å². The van der Waals surface area contributed by atoms with Gasteiger partial charge in [-0.3, -0.25) is 0 Å². The zero-order chi connectivity index (χ0) is 25.4. The first-order chi connectivity index (χ1) is 16.4. The van der Waals surface area contributed by atoms with E-state index in [4.69, 9.17) is 9.72 Å². The van der Waals surface area contributed by atoms with Crippen molar-refractivity contribution < 1.29 is 27.4 Å². The zero-order valence-corrected chi connectivity index (χ0v) is 20.3. The molecule has 9 heteroatoms. The van der Waals surface area contributed by atoms with Crippen molar-refractivity contribution >= 4 is 28.6 Å². The highest BCUT2D eigenvalue weighted by Crippen LogP contribution is 2.43. The van der Waals surface area contributed by atoms with Crippen LogP contribution in [-0.4, -0.2) is 29.0 Å². The van der Waals surface area contributed by atoms with Crippen molar-refractivity contribution in [2.75, 3.05) is 12.4 Å². The molecule has 1 aliphatic rings. The molecule has 6 nitrogen and oxygen atoms in total. The predicted octanol–water partition coefficient (Wildman–Crippen LogP) is 6.93. The number of ether oxygens (including phenoxy) is 2. The molecule has 0 radical (unpaired) electrons. The van der Waals surface area contributed by atoms with E-state index in [9.17, 15) is 18.0 Å². The van der Waals surface area contributed by atoms with Crippen LogP contribution in [0.1, 0.15) is 50.4 Å². The minimum Gasteiger partial charge on any atom is -0.465 e. The van der Waals surface area contributed by atoms with Crippen LogP contribution in [0.25, 0.3) is 11.0 Å². The number of hydrogen-bond acceptors (Lipinski definition) is 5. The smallest absolute Gasteiger partial charge is 0.465 e. The zero-order valence-electron chi connectivity index (χ0n) is 20.3. The highest BCUT2D eigenvalue weighted by Gasteiger charge is 2.33. The quantitative estimate of drug-likeness (QED) is 0.381. The molecule has 1 fully saturated rings. The van der Waals surface area contributed by atoms with Crippen LogP contribution in [-0.2, 0) is 11.3 Å². The number of esters is 1. The first-order valence-electron chi connectivity index (χ1n) is 11.6. The van der Waals surface area contributed by atoms with Gasteiger partial charge in [-0.25, -0.2) is 9.78 Å². The fraction of sp³-hybridized carbons (Fsp3) is 0.462. The van der Waals surface area contributed by atoms with Gasteiger partial charge >= 0.3 is 12.3 Å². The Balaban J connectivity index is 1.68. The van der Waals surface area contributed by atoms with E-state index in [1.165, 1.54) is 37.8 Å². The lowest BCUT2D eigenvalue weighted by Crippen LogP contribution is -2.30. The molecule has 2 atom stereocenters. The molecule has 1 saturated carbocycles. The molecule has 0 amide bonds. The van der Waals surface area contributed by atoms with Gasteiger partial charge in [0.2, 0.25) is 5.95 Å². The van der Waals surface area contributed by atoms with Crippen LogP contribution in [0.5, 0.6) is 5.75 Å². The first-order valence-corrected chi connectivity index (χ1v) is 11.6. The highest BCUT2D eigenvalue weighted by atomic mass is 19.4. The molecule has 0 saturated heterocycles. The van der Waals surface area contributed by atoms with E-state index in [0.717, 1.165) is 18.4 Å². The molecule has 3 aromatic rings. The van der Waals surface area contributed by atoms with Crippen molar-refractivity contribution in [2.24, 2.45) is 17.3 Å². The van der Waals surface area contributed by atoms with Crippen molar-refractivity contribution in [2.45, 2.75) is 52.9 Å². The van der Waals surface area contributed by atoms with E-state index in [0.29, 0.717) is 41.1 Å². The number of carbonyl (C=O) groups is 1. The summed E-state index contributed by atoms with van der Waals surface area (Å²) < 4.78 is 48.4. The normalized spacial score (nSPS) is 20.0. The molecule has 0 aliphatic heterocycles. The summed E-state index contributed by atoms with van der Waals surface area (Å²) in [6.07, 6.45) is -1.41. The fourth-order valence-electron chi connectivity index (χ4n) is 5.46. The van der Waals surface area contributed by atoms with Crippen LogP contribution in [0.4, 0.5) is 24.8 Å². The highest BCUT2D eigenvalue weighted by molar-refractivity contribution is 5.94. The number of hydrogen-bond donors (Lipinski definition) is 1. The summed E-state index contributed by atoms with van der Waals surface area (Å²) in [5.41, 5.74) is 2.74. The van der Waals surface area contributed by atoms with Gasteiger partial charge in [-0.15, -0.1) is 13.2 Å². The van der Waals surface area contributed by atoms with E-state index >= 15 is 0 Å². The van der Waals surface area contributed by atoms with E-state index in [-0.39, 0.29) is 11.2 Å². The number of nitrogens with one attached hydrogen (secondary N) is 1. The summed E-state index contributed by atoms with van der Waals surface area (Å²) in [6, 6.07) is 10.7. The summed E-state index contributed by atoms with van der Waals surface area (Å²) in [7, 11) is 1.34. The van der Waals surface area contributed by atoms with Gasteiger partial charge in [0.15, 0.2) is 0 Å². The predicted molar refractivity (Wildman–Crippen MR) is 128 cm³/mol. The van der Waals surface area contributed by atoms with E-state index in [1.54, 1.807) is 18.2 Å². The average molecular weight is 490 g/mol. The molecule has 0 bridgehead atoms. The third-order valence-corrected chi connectivity index (χ3v) is 6.43. The number of alkyl halides is 3. The van der Waals surface area contributed by atoms with Crippen LogP contribution in [0.2, 0.25) is 0 Å². The Labute approximate surface area is 202 Å². The summed E-state index contributed by atoms with van der Waals surface area (Å²) in [4.78, 5) is 16.9. The maximum Gasteiger partial charge on any atom is 0.573 e. The van der Waals surface area contributed by atoms with Gasteiger partial charge in [-0.2, -0.15) is 0 Å². The maximum atomic E-state index is 12.5. The van der Waals surface area contributed by atoms with Crippen LogP contribution in [0.15, 0.2) is 42.5 Å². The van der Waals surface area contributed by atoms with Crippen molar-refractivity contribution in [1.82, 2.24) is 9.55 Å². The Kier molecular flexibility index (Phi) is 6.71. The number of methoxy groups -OCH3 is 1. The minimum absolute atomic E-state index is 0.234. The maximum absolute atomic E-state index is 12.5. The van der Waals surface area contributed by atoms with Crippen LogP contribution in [0.3, 0.4) is 0 Å². The third kappa shape index (κ3) is 6.07. The van der Waals surface area contributed by atoms with Gasteiger partial charge in [0.25, 0.3) is 0 Å². The number of rotatable bonds is 6. The number of benzene rings is 2. The van der Waals surface area contributed by atoms with Crippen molar-refractivity contribution in [1.29, 1.82) is 0 Å². The van der Waals surface area contributed by atoms with E-state index in [2.05, 4.69) is 35.4 Å². The van der Waals surface area contributed by atoms with Crippen molar-refractivity contribution in [3.05, 3.63) is 48.0 Å². The molecule has 1 heterocycles. The molecular formula is C26H30F3N3O3. The Hall–Kier alpha value is -3.23. The van der Waals surface area contributed by atoms with E-state index in [1.807, 2.05) is 0 Å². The van der Waals surface area contributed by atoms with Crippen LogP contribution < -0.4 is 10.1 Å². The number of fused-ring (bicyclic) bond motifs is 1. The Morgan fingerprint density at radius 1 is 1.17 bits per heavy atom. The molecule has 2 aromatic carbocycles. The second-order valence-corrected chi connectivity index (χ2v) is 10.2. The largest absolute Gasteiger partial charge is 0.573 e. The second-order valence-electron chi connectivity index (χ2n) is 10.2. The molecule has 1 aliphatic carbocycles. The summed E-state index contributed by atoms with van der Waals surface area (Å²) >= 11 is 0. The Morgan fingerprint density at radius 2 is 1.89 bits per heavy atom. The Morgan fingerprint density at radius 3 is 2.51 bits per heavy atom. The minimum atomic E-state index is -4.74. The van der Waals surface area contributed by atoms with Gasteiger partial charge in [-0.1, -0.05) is 20.8 Å². The number of imidazole rings is 1.